The second-order valence-electron chi connectivity index (χ2n) is 6.02. The van der Waals surface area contributed by atoms with Gasteiger partial charge in [-0.25, -0.2) is 0 Å². The molecule has 2 aliphatic rings. The Morgan fingerprint density at radius 3 is 2.50 bits per heavy atom. The summed E-state index contributed by atoms with van der Waals surface area (Å²) in [6.45, 7) is 0. The molecular weight excluding hydrogens is 274 g/mol. The molecule has 0 radical (unpaired) electrons. The van der Waals surface area contributed by atoms with Gasteiger partial charge in [0.15, 0.2) is 11.5 Å². The Balaban J connectivity index is 2.03. The van der Waals surface area contributed by atoms with Gasteiger partial charge in [0.1, 0.15) is 0 Å². The fourth-order valence-corrected chi connectivity index (χ4v) is 3.22. The Hall–Kier alpha value is -0.930. The Morgan fingerprint density at radius 2 is 1.90 bits per heavy atom. The molecule has 0 aliphatic heterocycles. The van der Waals surface area contributed by atoms with Gasteiger partial charge in [0, 0.05) is 22.2 Å². The van der Waals surface area contributed by atoms with Crippen LogP contribution in [0.15, 0.2) is 12.1 Å². The number of ether oxygens (including phenoxy) is 2. The molecule has 4 heteroatoms. The van der Waals surface area contributed by atoms with E-state index in [0.29, 0.717) is 16.9 Å². The summed E-state index contributed by atoms with van der Waals surface area (Å²) in [7, 11) is 1.65. The second kappa shape index (κ2) is 5.45. The molecule has 2 fully saturated rings. The summed E-state index contributed by atoms with van der Waals surface area (Å²) in [5.41, 5.74) is 7.36. The number of hydrogen-bond acceptors (Lipinski definition) is 3. The lowest BCUT2D eigenvalue weighted by Crippen LogP contribution is -2.39. The number of benzene rings is 1. The van der Waals surface area contributed by atoms with Gasteiger partial charge in [-0.15, -0.1) is 0 Å². The minimum Gasteiger partial charge on any atom is -0.493 e. The van der Waals surface area contributed by atoms with Gasteiger partial charge in [-0.05, 0) is 31.7 Å². The molecule has 1 aromatic rings. The van der Waals surface area contributed by atoms with Crippen LogP contribution in [0.2, 0.25) is 5.02 Å². The topological polar surface area (TPSA) is 44.5 Å². The predicted molar refractivity (Wildman–Crippen MR) is 80.6 cm³/mol. The van der Waals surface area contributed by atoms with E-state index in [2.05, 4.69) is 0 Å². The second-order valence-corrected chi connectivity index (χ2v) is 6.46. The van der Waals surface area contributed by atoms with Crippen LogP contribution in [0.3, 0.4) is 0 Å². The van der Waals surface area contributed by atoms with E-state index in [1.54, 1.807) is 7.11 Å². The standard InChI is InChI=1S/C16H22ClNO2/c1-19-14-10-11(17)9-13(15(14)20-12-5-6-12)16(18)7-3-2-4-8-16/h9-10,12H,2-8,18H2,1H3. The molecule has 0 amide bonds. The SMILES string of the molecule is COc1cc(Cl)cc(C2(N)CCCCC2)c1OC1CC1. The third kappa shape index (κ3) is 2.75. The smallest absolute Gasteiger partial charge is 0.166 e. The lowest BCUT2D eigenvalue weighted by molar-refractivity contribution is 0.251. The highest BCUT2D eigenvalue weighted by Crippen LogP contribution is 2.46. The highest BCUT2D eigenvalue weighted by molar-refractivity contribution is 6.30. The highest BCUT2D eigenvalue weighted by atomic mass is 35.5. The van der Waals surface area contributed by atoms with Crippen LogP contribution >= 0.6 is 11.6 Å². The van der Waals surface area contributed by atoms with Crippen molar-refractivity contribution in [2.24, 2.45) is 5.73 Å². The van der Waals surface area contributed by atoms with Crippen LogP contribution in [0.25, 0.3) is 0 Å². The van der Waals surface area contributed by atoms with Gasteiger partial charge in [-0.2, -0.15) is 0 Å². The van der Waals surface area contributed by atoms with E-state index < -0.39 is 0 Å². The van der Waals surface area contributed by atoms with E-state index in [1.807, 2.05) is 12.1 Å². The fourth-order valence-electron chi connectivity index (χ4n) is 3.02. The number of rotatable bonds is 4. The summed E-state index contributed by atoms with van der Waals surface area (Å²) < 4.78 is 11.6. The van der Waals surface area contributed by atoms with E-state index >= 15 is 0 Å². The fraction of sp³-hybridized carbons (Fsp3) is 0.625. The summed E-state index contributed by atoms with van der Waals surface area (Å²) in [6, 6.07) is 3.78. The van der Waals surface area contributed by atoms with Gasteiger partial charge in [0.2, 0.25) is 0 Å². The predicted octanol–water partition coefficient (Wildman–Crippen LogP) is 4.01. The first-order valence-electron chi connectivity index (χ1n) is 7.46. The van der Waals surface area contributed by atoms with Crippen molar-refractivity contribution >= 4 is 11.6 Å². The molecule has 1 aromatic carbocycles. The quantitative estimate of drug-likeness (QED) is 0.913. The molecule has 0 unspecified atom stereocenters. The third-order valence-corrected chi connectivity index (χ3v) is 4.55. The summed E-state index contributed by atoms with van der Waals surface area (Å²) in [5, 5.41) is 0.662. The first-order chi connectivity index (χ1) is 9.62. The molecule has 2 aliphatic carbocycles. The first-order valence-corrected chi connectivity index (χ1v) is 7.84. The average Bonchev–Trinajstić information content (AvgIpc) is 3.25. The molecule has 0 heterocycles. The normalized spacial score (nSPS) is 21.6. The van der Waals surface area contributed by atoms with E-state index in [0.717, 1.165) is 49.8 Å². The molecule has 0 aromatic heterocycles. The van der Waals surface area contributed by atoms with Crippen LogP contribution in [-0.4, -0.2) is 13.2 Å². The minimum atomic E-state index is -0.333. The van der Waals surface area contributed by atoms with Crippen LogP contribution in [-0.2, 0) is 5.54 Å². The molecule has 3 rings (SSSR count). The van der Waals surface area contributed by atoms with Gasteiger partial charge in [0.05, 0.1) is 13.2 Å². The maximum atomic E-state index is 6.68. The number of halogens is 1. The number of hydrogen-bond donors (Lipinski definition) is 1. The molecular formula is C16H22ClNO2. The highest BCUT2D eigenvalue weighted by Gasteiger charge is 2.36. The number of methoxy groups -OCH3 is 1. The zero-order valence-electron chi connectivity index (χ0n) is 12.0. The van der Waals surface area contributed by atoms with E-state index in [1.165, 1.54) is 6.42 Å². The van der Waals surface area contributed by atoms with Gasteiger partial charge < -0.3 is 15.2 Å². The van der Waals surface area contributed by atoms with Gasteiger partial charge >= 0.3 is 0 Å². The van der Waals surface area contributed by atoms with Gasteiger partial charge in [-0.1, -0.05) is 30.9 Å². The van der Waals surface area contributed by atoms with Gasteiger partial charge in [0.25, 0.3) is 0 Å². The lowest BCUT2D eigenvalue weighted by Gasteiger charge is -2.35. The summed E-state index contributed by atoms with van der Waals surface area (Å²) in [5.74, 6) is 1.51. The van der Waals surface area contributed by atoms with Crippen molar-refractivity contribution < 1.29 is 9.47 Å². The zero-order valence-corrected chi connectivity index (χ0v) is 12.7. The Kier molecular flexibility index (Phi) is 3.83. The molecule has 2 N–H and O–H groups in total. The summed E-state index contributed by atoms with van der Waals surface area (Å²) in [4.78, 5) is 0. The van der Waals surface area contributed by atoms with Crippen molar-refractivity contribution in [2.75, 3.05) is 7.11 Å². The van der Waals surface area contributed by atoms with E-state index in [4.69, 9.17) is 26.8 Å². The van der Waals surface area contributed by atoms with Crippen molar-refractivity contribution in [1.82, 2.24) is 0 Å². The maximum Gasteiger partial charge on any atom is 0.166 e. The molecule has 0 atom stereocenters. The molecule has 0 bridgehead atoms. The Morgan fingerprint density at radius 1 is 1.20 bits per heavy atom. The molecule has 20 heavy (non-hydrogen) atoms. The minimum absolute atomic E-state index is 0.316. The summed E-state index contributed by atoms with van der Waals surface area (Å²) >= 11 is 6.24. The van der Waals surface area contributed by atoms with Crippen LogP contribution in [0.1, 0.15) is 50.5 Å². The maximum absolute atomic E-state index is 6.68. The van der Waals surface area contributed by atoms with Crippen molar-refractivity contribution in [3.8, 4) is 11.5 Å². The van der Waals surface area contributed by atoms with Crippen LogP contribution in [0.5, 0.6) is 11.5 Å². The van der Waals surface area contributed by atoms with E-state index in [9.17, 15) is 0 Å². The summed E-state index contributed by atoms with van der Waals surface area (Å²) in [6.07, 6.45) is 8.09. The molecule has 2 saturated carbocycles. The first kappa shape index (κ1) is 14.0. The van der Waals surface area contributed by atoms with E-state index in [-0.39, 0.29) is 5.54 Å². The van der Waals surface area contributed by atoms with Crippen LogP contribution in [0, 0.1) is 0 Å². The van der Waals surface area contributed by atoms with Crippen LogP contribution in [0.4, 0.5) is 0 Å². The van der Waals surface area contributed by atoms with Crippen LogP contribution < -0.4 is 15.2 Å². The average molecular weight is 296 g/mol. The Labute approximate surface area is 125 Å². The van der Waals surface area contributed by atoms with Crippen molar-refractivity contribution in [2.45, 2.75) is 56.6 Å². The third-order valence-electron chi connectivity index (χ3n) is 4.33. The monoisotopic (exact) mass is 295 g/mol. The molecule has 3 nitrogen and oxygen atoms in total. The Bertz CT molecular complexity index is 493. The van der Waals surface area contributed by atoms with Crippen molar-refractivity contribution in [3.63, 3.8) is 0 Å². The molecule has 110 valence electrons. The zero-order chi connectivity index (χ0) is 14.2. The van der Waals surface area contributed by atoms with Crippen molar-refractivity contribution in [1.29, 1.82) is 0 Å². The van der Waals surface area contributed by atoms with Gasteiger partial charge in [-0.3, -0.25) is 0 Å². The molecule has 0 saturated heterocycles. The number of nitrogens with two attached hydrogens (primary N) is 1. The van der Waals surface area contributed by atoms with Crippen molar-refractivity contribution in [3.05, 3.63) is 22.7 Å². The lowest BCUT2D eigenvalue weighted by atomic mass is 9.77. The largest absolute Gasteiger partial charge is 0.493 e. The molecule has 0 spiro atoms.